The first-order valence-electron chi connectivity index (χ1n) is 7.17. The van der Waals surface area contributed by atoms with Crippen LogP contribution in [-0.4, -0.2) is 48.6 Å². The number of benzene rings is 1. The fraction of sp³-hybridized carbons (Fsp3) is 0.533. The Morgan fingerprint density at radius 1 is 1.48 bits per heavy atom. The Balaban J connectivity index is 2.52. The Kier molecular flexibility index (Phi) is 4.53. The molecule has 2 N–H and O–H groups in total. The smallest absolute Gasteiger partial charge is 0.338 e. The van der Waals surface area contributed by atoms with Crippen molar-refractivity contribution < 1.29 is 27.8 Å². The summed E-state index contributed by atoms with van der Waals surface area (Å²) in [6, 6.07) is 2.23. The standard InChI is InChI=1S/C15H20FNO5S/c1-9-4-11(14(19)20)13(16)12(5-9)23(21,22)17-6-10(2)15(3,7-17)8-18/h4-5,10,18H,6-8H2,1-3H3,(H,19,20). The topological polar surface area (TPSA) is 94.9 Å². The summed E-state index contributed by atoms with van der Waals surface area (Å²) in [4.78, 5) is 10.5. The number of carbonyl (C=O) groups is 1. The molecule has 23 heavy (non-hydrogen) atoms. The maximum absolute atomic E-state index is 14.4. The van der Waals surface area contributed by atoms with Crippen LogP contribution < -0.4 is 0 Å². The van der Waals surface area contributed by atoms with Gasteiger partial charge in [0.1, 0.15) is 4.90 Å². The van der Waals surface area contributed by atoms with E-state index in [2.05, 4.69) is 0 Å². The SMILES string of the molecule is Cc1cc(C(=O)O)c(F)c(S(=O)(=O)N2CC(C)C(C)(CO)C2)c1. The summed E-state index contributed by atoms with van der Waals surface area (Å²) >= 11 is 0. The van der Waals surface area contributed by atoms with E-state index in [1.165, 1.54) is 6.92 Å². The van der Waals surface area contributed by atoms with E-state index in [1.807, 2.05) is 6.92 Å². The number of nitrogens with zero attached hydrogens (tertiary/aromatic N) is 1. The van der Waals surface area contributed by atoms with Crippen molar-refractivity contribution in [3.63, 3.8) is 0 Å². The zero-order valence-electron chi connectivity index (χ0n) is 13.2. The number of sulfonamides is 1. The Morgan fingerprint density at radius 2 is 2.09 bits per heavy atom. The van der Waals surface area contributed by atoms with Crippen molar-refractivity contribution in [1.29, 1.82) is 0 Å². The fourth-order valence-electron chi connectivity index (χ4n) is 2.76. The molecule has 2 atom stereocenters. The van der Waals surface area contributed by atoms with Gasteiger partial charge in [0.15, 0.2) is 5.82 Å². The second-order valence-electron chi connectivity index (χ2n) is 6.44. The summed E-state index contributed by atoms with van der Waals surface area (Å²) in [6.45, 7) is 5.12. The maximum Gasteiger partial charge on any atom is 0.338 e. The molecule has 0 radical (unpaired) electrons. The molecule has 1 aliphatic rings. The molecule has 8 heteroatoms. The molecule has 0 saturated carbocycles. The van der Waals surface area contributed by atoms with Gasteiger partial charge in [0.05, 0.1) is 5.56 Å². The summed E-state index contributed by atoms with van der Waals surface area (Å²) in [6.07, 6.45) is 0. The van der Waals surface area contributed by atoms with E-state index in [4.69, 9.17) is 5.11 Å². The molecule has 0 amide bonds. The van der Waals surface area contributed by atoms with Crippen molar-refractivity contribution in [2.75, 3.05) is 19.7 Å². The molecule has 2 unspecified atom stereocenters. The molecule has 1 aliphatic heterocycles. The third-order valence-corrected chi connectivity index (χ3v) is 6.41. The lowest BCUT2D eigenvalue weighted by atomic mass is 9.82. The minimum Gasteiger partial charge on any atom is -0.478 e. The number of hydrogen-bond acceptors (Lipinski definition) is 4. The van der Waals surface area contributed by atoms with Crippen molar-refractivity contribution in [3.8, 4) is 0 Å². The summed E-state index contributed by atoms with van der Waals surface area (Å²) in [7, 11) is -4.18. The van der Waals surface area contributed by atoms with Gasteiger partial charge in [-0.3, -0.25) is 0 Å². The molecular formula is C15H20FNO5S. The Morgan fingerprint density at radius 3 is 2.57 bits per heavy atom. The van der Waals surface area contributed by atoms with Gasteiger partial charge < -0.3 is 10.2 Å². The summed E-state index contributed by atoms with van der Waals surface area (Å²) in [5.41, 5.74) is -0.927. The number of rotatable bonds is 4. The predicted octanol–water partition coefficient (Wildman–Crippen LogP) is 1.47. The molecule has 6 nitrogen and oxygen atoms in total. The van der Waals surface area contributed by atoms with Gasteiger partial charge in [-0.1, -0.05) is 13.8 Å². The molecule has 1 saturated heterocycles. The molecule has 1 aromatic rings. The van der Waals surface area contributed by atoms with E-state index < -0.39 is 37.7 Å². The normalized spacial score (nSPS) is 25.7. The van der Waals surface area contributed by atoms with Gasteiger partial charge in [0.2, 0.25) is 10.0 Å². The fourth-order valence-corrected chi connectivity index (χ4v) is 4.59. The number of carboxylic acids is 1. The first-order chi connectivity index (χ1) is 10.5. The third-order valence-electron chi connectivity index (χ3n) is 4.60. The van der Waals surface area contributed by atoms with Crippen LogP contribution in [0.15, 0.2) is 17.0 Å². The highest BCUT2D eigenvalue weighted by atomic mass is 32.2. The average Bonchev–Trinajstić information content (AvgIpc) is 2.78. The van der Waals surface area contributed by atoms with Crippen LogP contribution >= 0.6 is 0 Å². The lowest BCUT2D eigenvalue weighted by Crippen LogP contribution is -2.33. The Labute approximate surface area is 134 Å². The van der Waals surface area contributed by atoms with Crippen LogP contribution in [-0.2, 0) is 10.0 Å². The number of aliphatic hydroxyl groups excluding tert-OH is 1. The van der Waals surface area contributed by atoms with Crippen LogP contribution in [0.25, 0.3) is 0 Å². The van der Waals surface area contributed by atoms with Gasteiger partial charge in [-0.2, -0.15) is 4.31 Å². The number of carboxylic acid groups (broad SMARTS) is 1. The molecule has 0 aromatic heterocycles. The number of hydrogen-bond donors (Lipinski definition) is 2. The lowest BCUT2D eigenvalue weighted by molar-refractivity contribution is 0.0691. The van der Waals surface area contributed by atoms with E-state index in [0.29, 0.717) is 5.56 Å². The van der Waals surface area contributed by atoms with Crippen LogP contribution in [0.4, 0.5) is 4.39 Å². The minimum absolute atomic E-state index is 0.0583. The number of aliphatic hydroxyl groups is 1. The van der Waals surface area contributed by atoms with Gasteiger partial charge in [0.25, 0.3) is 0 Å². The first kappa shape index (κ1) is 17.8. The number of halogens is 1. The van der Waals surface area contributed by atoms with Gasteiger partial charge >= 0.3 is 5.97 Å². The summed E-state index contributed by atoms with van der Waals surface area (Å²) in [5.74, 6) is -2.87. The highest BCUT2D eigenvalue weighted by Gasteiger charge is 2.45. The van der Waals surface area contributed by atoms with Crippen LogP contribution in [0.3, 0.4) is 0 Å². The zero-order valence-corrected chi connectivity index (χ0v) is 14.0. The Hall–Kier alpha value is -1.51. The summed E-state index contributed by atoms with van der Waals surface area (Å²) in [5, 5.41) is 18.5. The van der Waals surface area contributed by atoms with Crippen molar-refractivity contribution in [2.24, 2.45) is 11.3 Å². The van der Waals surface area contributed by atoms with E-state index in [1.54, 1.807) is 6.92 Å². The van der Waals surface area contributed by atoms with E-state index >= 15 is 0 Å². The highest BCUT2D eigenvalue weighted by Crippen LogP contribution is 2.38. The maximum atomic E-state index is 14.4. The van der Waals surface area contributed by atoms with Gasteiger partial charge in [0, 0.05) is 25.1 Å². The predicted molar refractivity (Wildman–Crippen MR) is 81.2 cm³/mol. The van der Waals surface area contributed by atoms with Crippen LogP contribution in [0.2, 0.25) is 0 Å². The monoisotopic (exact) mass is 345 g/mol. The molecule has 1 aromatic carbocycles. The largest absolute Gasteiger partial charge is 0.478 e. The van der Waals surface area contributed by atoms with Crippen molar-refractivity contribution in [1.82, 2.24) is 4.31 Å². The van der Waals surface area contributed by atoms with Crippen LogP contribution in [0.5, 0.6) is 0 Å². The lowest BCUT2D eigenvalue weighted by Gasteiger charge is -2.25. The van der Waals surface area contributed by atoms with E-state index in [0.717, 1.165) is 16.4 Å². The Bertz CT molecular complexity index is 748. The van der Waals surface area contributed by atoms with Gasteiger partial charge in [-0.25, -0.2) is 17.6 Å². The molecule has 0 bridgehead atoms. The number of aromatic carboxylic acids is 1. The number of aryl methyl sites for hydroxylation is 1. The van der Waals surface area contributed by atoms with Crippen molar-refractivity contribution in [2.45, 2.75) is 25.7 Å². The second kappa shape index (κ2) is 5.85. The third kappa shape index (κ3) is 2.98. The average molecular weight is 345 g/mol. The molecular weight excluding hydrogens is 325 g/mol. The zero-order chi connectivity index (χ0) is 17.6. The molecule has 2 rings (SSSR count). The van der Waals surface area contributed by atoms with Crippen LogP contribution in [0.1, 0.15) is 29.8 Å². The molecule has 1 fully saturated rings. The first-order valence-corrected chi connectivity index (χ1v) is 8.61. The van der Waals surface area contributed by atoms with Gasteiger partial charge in [-0.05, 0) is 30.5 Å². The van der Waals surface area contributed by atoms with Gasteiger partial charge in [-0.15, -0.1) is 0 Å². The minimum atomic E-state index is -4.18. The van der Waals surface area contributed by atoms with Crippen LogP contribution in [0, 0.1) is 24.1 Å². The quantitative estimate of drug-likeness (QED) is 0.862. The second-order valence-corrected chi connectivity index (χ2v) is 8.35. The molecule has 0 aliphatic carbocycles. The molecule has 1 heterocycles. The molecule has 128 valence electrons. The van der Waals surface area contributed by atoms with Crippen molar-refractivity contribution >= 4 is 16.0 Å². The summed E-state index contributed by atoms with van der Waals surface area (Å²) < 4.78 is 41.0. The molecule has 0 spiro atoms. The van der Waals surface area contributed by atoms with E-state index in [9.17, 15) is 22.7 Å². The van der Waals surface area contributed by atoms with Crippen molar-refractivity contribution in [3.05, 3.63) is 29.1 Å². The highest BCUT2D eigenvalue weighted by molar-refractivity contribution is 7.89. The van der Waals surface area contributed by atoms with E-state index in [-0.39, 0.29) is 25.6 Å².